The van der Waals surface area contributed by atoms with Crippen LogP contribution < -0.4 is 5.32 Å². The molecule has 2 fully saturated rings. The summed E-state index contributed by atoms with van der Waals surface area (Å²) < 4.78 is 7.56. The fraction of sp³-hybridized carbons (Fsp3) is 0.667. The molecule has 2 aliphatic carbocycles. The van der Waals surface area contributed by atoms with E-state index >= 15 is 0 Å². The molecule has 162 valence electrons. The van der Waals surface area contributed by atoms with E-state index in [1.54, 1.807) is 6.26 Å². The van der Waals surface area contributed by atoms with Gasteiger partial charge in [0.25, 0.3) is 5.91 Å². The molecule has 2 aromatic rings. The van der Waals surface area contributed by atoms with Crippen molar-refractivity contribution in [1.82, 2.24) is 14.8 Å². The Hall–Kier alpha value is -2.24. The van der Waals surface area contributed by atoms with Gasteiger partial charge in [0.05, 0.1) is 18.3 Å². The summed E-state index contributed by atoms with van der Waals surface area (Å²) in [5, 5.41) is 3.36. The monoisotopic (exact) mass is 411 g/mol. The van der Waals surface area contributed by atoms with E-state index in [0.29, 0.717) is 23.7 Å². The second kappa shape index (κ2) is 7.47. The van der Waals surface area contributed by atoms with Crippen LogP contribution in [-0.4, -0.2) is 38.9 Å². The lowest BCUT2D eigenvalue weighted by Crippen LogP contribution is -2.67. The Morgan fingerprint density at radius 2 is 1.87 bits per heavy atom. The molecule has 3 heterocycles. The summed E-state index contributed by atoms with van der Waals surface area (Å²) in [5.41, 5.74) is 1.36. The van der Waals surface area contributed by atoms with Gasteiger partial charge in [-0.3, -0.25) is 9.59 Å². The lowest BCUT2D eigenvalue weighted by molar-refractivity contribution is -0.136. The van der Waals surface area contributed by atoms with E-state index in [9.17, 15) is 9.59 Å². The summed E-state index contributed by atoms with van der Waals surface area (Å²) in [7, 11) is 0. The molecule has 0 aromatic carbocycles. The largest absolute Gasteiger partial charge is 0.463 e. The molecule has 0 radical (unpaired) electrons. The molecule has 30 heavy (non-hydrogen) atoms. The van der Waals surface area contributed by atoms with Crippen LogP contribution in [0.2, 0.25) is 0 Å². The molecule has 0 bridgehead atoms. The highest BCUT2D eigenvalue weighted by Gasteiger charge is 2.51. The van der Waals surface area contributed by atoms with E-state index < -0.39 is 5.54 Å². The van der Waals surface area contributed by atoms with Crippen molar-refractivity contribution in [2.24, 2.45) is 5.92 Å². The fourth-order valence-electron chi connectivity index (χ4n) is 6.00. The predicted molar refractivity (Wildman–Crippen MR) is 115 cm³/mol. The number of nitrogens with zero attached hydrogens (tertiary/aromatic N) is 2. The van der Waals surface area contributed by atoms with Crippen LogP contribution in [0.4, 0.5) is 0 Å². The second-order valence-corrected chi connectivity index (χ2v) is 9.87. The van der Waals surface area contributed by atoms with E-state index in [-0.39, 0.29) is 23.9 Å². The Morgan fingerprint density at radius 3 is 2.63 bits per heavy atom. The molecular formula is C24H33N3O3. The van der Waals surface area contributed by atoms with Crippen LogP contribution in [0.3, 0.4) is 0 Å². The molecule has 2 amide bonds. The summed E-state index contributed by atoms with van der Waals surface area (Å²) >= 11 is 0. The normalized spacial score (nSPS) is 30.5. The minimum atomic E-state index is -0.896. The summed E-state index contributed by atoms with van der Waals surface area (Å²) in [5.74, 6) is 0.446. The van der Waals surface area contributed by atoms with Crippen LogP contribution in [-0.2, 0) is 11.3 Å². The number of amides is 2. The maximum atomic E-state index is 13.8. The van der Waals surface area contributed by atoms with Crippen molar-refractivity contribution in [1.29, 1.82) is 0 Å². The smallest absolute Gasteiger partial charge is 0.271 e. The highest BCUT2D eigenvalue weighted by atomic mass is 16.3. The van der Waals surface area contributed by atoms with Gasteiger partial charge in [-0.1, -0.05) is 39.0 Å². The quantitative estimate of drug-likeness (QED) is 0.810. The molecule has 1 N–H and O–H groups in total. The number of aromatic nitrogens is 1. The van der Waals surface area contributed by atoms with Crippen LogP contribution in [0.1, 0.15) is 82.1 Å². The SMILES string of the molecule is C[C@@H]1CCCC[C@H]1NC(=O)[C@@]1(C)Cn2c(cc3occc32)C(=O)N1C1CCCCC1. The third-order valence-corrected chi connectivity index (χ3v) is 7.82. The van der Waals surface area contributed by atoms with Crippen molar-refractivity contribution in [2.45, 2.75) is 95.8 Å². The van der Waals surface area contributed by atoms with Gasteiger partial charge in [-0.25, -0.2) is 0 Å². The third kappa shape index (κ3) is 3.07. The van der Waals surface area contributed by atoms with E-state index in [2.05, 4.69) is 12.2 Å². The zero-order chi connectivity index (χ0) is 20.9. The second-order valence-electron chi connectivity index (χ2n) is 9.87. The van der Waals surface area contributed by atoms with E-state index in [4.69, 9.17) is 4.42 Å². The lowest BCUT2D eigenvalue weighted by atomic mass is 9.83. The van der Waals surface area contributed by atoms with Crippen molar-refractivity contribution in [2.75, 3.05) is 0 Å². The highest BCUT2D eigenvalue weighted by molar-refractivity contribution is 6.03. The molecule has 3 aliphatic rings. The van der Waals surface area contributed by atoms with Crippen molar-refractivity contribution >= 4 is 22.9 Å². The average Bonchev–Trinajstić information content (AvgIpc) is 3.33. The summed E-state index contributed by atoms with van der Waals surface area (Å²) in [6, 6.07) is 4.06. The minimum absolute atomic E-state index is 0.00355. The maximum absolute atomic E-state index is 13.8. The van der Waals surface area contributed by atoms with Gasteiger partial charge < -0.3 is 19.2 Å². The lowest BCUT2D eigenvalue weighted by Gasteiger charge is -2.49. The number of fused-ring (bicyclic) bond motifs is 3. The van der Waals surface area contributed by atoms with Crippen molar-refractivity contribution < 1.29 is 14.0 Å². The van der Waals surface area contributed by atoms with Gasteiger partial charge in [-0.15, -0.1) is 0 Å². The zero-order valence-electron chi connectivity index (χ0n) is 18.2. The first-order chi connectivity index (χ1) is 14.5. The standard InChI is InChI=1S/C24H33N3O3/c1-16-8-6-7-11-18(16)25-23(29)24(2)15-26-19-12-13-30-21(19)14-20(26)22(28)27(24)17-9-4-3-5-10-17/h12-14,16-18H,3-11,15H2,1-2H3,(H,25,29)/t16-,18-,24-/m1/s1. The van der Waals surface area contributed by atoms with Gasteiger partial charge in [0, 0.05) is 24.2 Å². The van der Waals surface area contributed by atoms with Gasteiger partial charge in [-0.2, -0.15) is 0 Å². The number of hydrogen-bond donors (Lipinski definition) is 1. The van der Waals surface area contributed by atoms with Crippen LogP contribution in [0.5, 0.6) is 0 Å². The number of nitrogens with one attached hydrogen (secondary N) is 1. The van der Waals surface area contributed by atoms with Crippen LogP contribution >= 0.6 is 0 Å². The number of rotatable bonds is 3. The Kier molecular flexibility index (Phi) is 4.91. The molecule has 2 saturated carbocycles. The first-order valence-electron chi connectivity index (χ1n) is 11.7. The molecule has 6 nitrogen and oxygen atoms in total. The first kappa shape index (κ1) is 19.7. The maximum Gasteiger partial charge on any atom is 0.271 e. The van der Waals surface area contributed by atoms with Gasteiger partial charge >= 0.3 is 0 Å². The number of carbonyl (C=O) groups excluding carboxylic acids is 2. The molecule has 3 atom stereocenters. The van der Waals surface area contributed by atoms with E-state index in [0.717, 1.165) is 50.5 Å². The summed E-state index contributed by atoms with van der Waals surface area (Å²) in [6.07, 6.45) is 11.6. The summed E-state index contributed by atoms with van der Waals surface area (Å²) in [4.78, 5) is 29.5. The minimum Gasteiger partial charge on any atom is -0.463 e. The molecule has 2 aromatic heterocycles. The van der Waals surface area contributed by atoms with Gasteiger partial charge in [0.1, 0.15) is 11.2 Å². The van der Waals surface area contributed by atoms with Crippen molar-refractivity contribution in [3.05, 3.63) is 24.1 Å². The Morgan fingerprint density at radius 1 is 1.13 bits per heavy atom. The van der Waals surface area contributed by atoms with Gasteiger partial charge in [-0.05, 0) is 38.5 Å². The third-order valence-electron chi connectivity index (χ3n) is 7.82. The molecule has 1 aliphatic heterocycles. The molecule has 6 heteroatoms. The first-order valence-corrected chi connectivity index (χ1v) is 11.7. The topological polar surface area (TPSA) is 67.5 Å². The van der Waals surface area contributed by atoms with Crippen molar-refractivity contribution in [3.8, 4) is 0 Å². The molecule has 0 spiro atoms. The number of furan rings is 1. The number of carbonyl (C=O) groups is 2. The number of hydrogen-bond acceptors (Lipinski definition) is 3. The predicted octanol–water partition coefficient (Wildman–Crippen LogP) is 4.48. The average molecular weight is 412 g/mol. The summed E-state index contributed by atoms with van der Waals surface area (Å²) in [6.45, 7) is 4.67. The molecule has 0 unspecified atom stereocenters. The Labute approximate surface area is 178 Å². The Balaban J connectivity index is 1.53. The highest BCUT2D eigenvalue weighted by Crippen LogP contribution is 2.38. The van der Waals surface area contributed by atoms with Gasteiger partial charge in [0.2, 0.25) is 5.91 Å². The van der Waals surface area contributed by atoms with Crippen molar-refractivity contribution in [3.63, 3.8) is 0 Å². The fourth-order valence-corrected chi connectivity index (χ4v) is 6.00. The van der Waals surface area contributed by atoms with Crippen LogP contribution in [0.25, 0.3) is 11.1 Å². The molecule has 0 saturated heterocycles. The Bertz CT molecular complexity index is 954. The van der Waals surface area contributed by atoms with E-state index in [1.807, 2.05) is 28.5 Å². The van der Waals surface area contributed by atoms with E-state index in [1.165, 1.54) is 12.8 Å². The van der Waals surface area contributed by atoms with Crippen LogP contribution in [0, 0.1) is 5.92 Å². The zero-order valence-corrected chi connectivity index (χ0v) is 18.2. The van der Waals surface area contributed by atoms with Gasteiger partial charge in [0.15, 0.2) is 5.58 Å². The van der Waals surface area contributed by atoms with Crippen LogP contribution in [0.15, 0.2) is 22.8 Å². The molecular weight excluding hydrogens is 378 g/mol. The molecule has 5 rings (SSSR count).